The van der Waals surface area contributed by atoms with Crippen LogP contribution >= 0.6 is 0 Å². The van der Waals surface area contributed by atoms with E-state index in [1.54, 1.807) is 4.90 Å². The zero-order valence-electron chi connectivity index (χ0n) is 13.4. The summed E-state index contributed by atoms with van der Waals surface area (Å²) >= 11 is 0. The Morgan fingerprint density at radius 2 is 1.83 bits per heavy atom. The summed E-state index contributed by atoms with van der Waals surface area (Å²) < 4.78 is 5.75. The highest BCUT2D eigenvalue weighted by Crippen LogP contribution is 2.28. The molecule has 2 aromatic rings. The van der Waals surface area contributed by atoms with Crippen molar-refractivity contribution in [2.75, 3.05) is 11.4 Å². The van der Waals surface area contributed by atoms with Gasteiger partial charge in [-0.05, 0) is 35.7 Å². The van der Waals surface area contributed by atoms with Crippen LogP contribution < -0.4 is 15.4 Å². The van der Waals surface area contributed by atoms with Gasteiger partial charge < -0.3 is 15.4 Å². The van der Waals surface area contributed by atoms with Crippen LogP contribution in [0.5, 0.6) is 5.75 Å². The molecule has 0 aromatic heterocycles. The molecule has 3 rings (SSSR count). The first kappa shape index (κ1) is 16.1. The number of benzene rings is 2. The Bertz CT molecular complexity index is 713. The van der Waals surface area contributed by atoms with E-state index in [1.165, 1.54) is 0 Å². The monoisotopic (exact) mass is 324 g/mol. The smallest absolute Gasteiger partial charge is 0.227 e. The van der Waals surface area contributed by atoms with Crippen molar-refractivity contribution in [1.82, 2.24) is 0 Å². The number of nitrogens with zero attached hydrogens (tertiary/aromatic N) is 1. The van der Waals surface area contributed by atoms with Crippen molar-refractivity contribution in [1.29, 1.82) is 0 Å². The van der Waals surface area contributed by atoms with Crippen LogP contribution in [0, 0.1) is 5.92 Å². The maximum Gasteiger partial charge on any atom is 0.227 e. The van der Waals surface area contributed by atoms with Gasteiger partial charge in [-0.2, -0.15) is 0 Å². The van der Waals surface area contributed by atoms with Crippen LogP contribution in [-0.2, 0) is 16.2 Å². The topological polar surface area (TPSA) is 72.6 Å². The van der Waals surface area contributed by atoms with Gasteiger partial charge in [0, 0.05) is 25.1 Å². The largest absolute Gasteiger partial charge is 0.489 e. The van der Waals surface area contributed by atoms with Crippen molar-refractivity contribution < 1.29 is 14.3 Å². The summed E-state index contributed by atoms with van der Waals surface area (Å²) in [4.78, 5) is 24.8. The lowest BCUT2D eigenvalue weighted by Crippen LogP contribution is -2.25. The minimum atomic E-state index is -0.362. The summed E-state index contributed by atoms with van der Waals surface area (Å²) in [7, 11) is 0. The molecule has 1 heterocycles. The Morgan fingerprint density at radius 3 is 2.50 bits per heavy atom. The quantitative estimate of drug-likeness (QED) is 0.887. The molecule has 0 aliphatic carbocycles. The highest BCUT2D eigenvalue weighted by Gasteiger charge is 2.31. The second-order valence-corrected chi connectivity index (χ2v) is 6.01. The summed E-state index contributed by atoms with van der Waals surface area (Å²) in [5.41, 5.74) is 7.14. The number of hydrogen-bond acceptors (Lipinski definition) is 3. The highest BCUT2D eigenvalue weighted by atomic mass is 16.5. The van der Waals surface area contributed by atoms with Crippen LogP contribution in [0.25, 0.3) is 0 Å². The molecule has 1 aliphatic rings. The summed E-state index contributed by atoms with van der Waals surface area (Å²) in [5.74, 6) is 0.422. The number of carbonyl (C=O) groups excluding carboxylic acids is 2. The molecule has 0 bridgehead atoms. The van der Waals surface area contributed by atoms with E-state index in [4.69, 9.17) is 10.5 Å². The molecule has 0 radical (unpaired) electrons. The van der Waals surface area contributed by atoms with Gasteiger partial charge in [0.05, 0.1) is 0 Å². The lowest BCUT2D eigenvalue weighted by atomic mass is 10.0. The average Bonchev–Trinajstić information content (AvgIpc) is 2.94. The minimum absolute atomic E-state index is 0.00371. The zero-order valence-corrected chi connectivity index (χ0v) is 13.4. The van der Waals surface area contributed by atoms with Gasteiger partial charge in [-0.15, -0.1) is 0 Å². The molecular weight excluding hydrogens is 304 g/mol. The Hall–Kier alpha value is -2.82. The molecule has 5 heteroatoms. The molecule has 124 valence electrons. The van der Waals surface area contributed by atoms with E-state index in [-0.39, 0.29) is 24.2 Å². The normalized spacial score (nSPS) is 17.1. The van der Waals surface area contributed by atoms with Crippen molar-refractivity contribution in [3.8, 4) is 5.75 Å². The van der Waals surface area contributed by atoms with Crippen LogP contribution in [0.15, 0.2) is 54.6 Å². The maximum atomic E-state index is 12.1. The number of amides is 2. The highest BCUT2D eigenvalue weighted by molar-refractivity contribution is 5.96. The lowest BCUT2D eigenvalue weighted by Gasteiger charge is -2.17. The first-order valence-corrected chi connectivity index (χ1v) is 7.97. The molecule has 24 heavy (non-hydrogen) atoms. The fraction of sp³-hybridized carbons (Fsp3) is 0.263. The fourth-order valence-corrected chi connectivity index (χ4v) is 2.92. The van der Waals surface area contributed by atoms with Gasteiger partial charge in [-0.25, -0.2) is 0 Å². The van der Waals surface area contributed by atoms with Crippen molar-refractivity contribution >= 4 is 17.5 Å². The van der Waals surface area contributed by atoms with E-state index in [2.05, 4.69) is 0 Å². The van der Waals surface area contributed by atoms with Crippen molar-refractivity contribution in [2.45, 2.75) is 19.4 Å². The predicted molar refractivity (Wildman–Crippen MR) is 91.5 cm³/mol. The first-order chi connectivity index (χ1) is 11.6. The molecule has 2 aromatic carbocycles. The third-order valence-corrected chi connectivity index (χ3v) is 4.09. The molecule has 0 saturated carbocycles. The number of nitrogens with two attached hydrogens (primary N) is 1. The van der Waals surface area contributed by atoms with Gasteiger partial charge in [0.15, 0.2) is 0 Å². The Balaban J connectivity index is 1.60. The Labute approximate surface area is 141 Å². The van der Waals surface area contributed by atoms with E-state index in [1.807, 2.05) is 54.6 Å². The van der Waals surface area contributed by atoms with E-state index >= 15 is 0 Å². The van der Waals surface area contributed by atoms with Crippen LogP contribution in [-0.4, -0.2) is 18.4 Å². The van der Waals surface area contributed by atoms with Crippen molar-refractivity contribution in [2.24, 2.45) is 11.7 Å². The van der Waals surface area contributed by atoms with E-state index in [9.17, 15) is 9.59 Å². The second-order valence-electron chi connectivity index (χ2n) is 6.01. The number of rotatable bonds is 6. The van der Waals surface area contributed by atoms with Gasteiger partial charge in [0.25, 0.3) is 0 Å². The number of primary amides is 1. The van der Waals surface area contributed by atoms with E-state index < -0.39 is 0 Å². The van der Waals surface area contributed by atoms with Gasteiger partial charge in [-0.1, -0.05) is 30.3 Å². The molecule has 1 fully saturated rings. The Kier molecular flexibility index (Phi) is 4.79. The molecule has 2 N–H and O–H groups in total. The van der Waals surface area contributed by atoms with Crippen LogP contribution in [0.1, 0.15) is 18.4 Å². The molecule has 2 amide bonds. The minimum Gasteiger partial charge on any atom is -0.489 e. The third-order valence-electron chi connectivity index (χ3n) is 4.09. The van der Waals surface area contributed by atoms with Crippen molar-refractivity contribution in [3.63, 3.8) is 0 Å². The predicted octanol–water partition coefficient (Wildman–Crippen LogP) is 2.49. The van der Waals surface area contributed by atoms with Crippen LogP contribution in [0.3, 0.4) is 0 Å². The zero-order chi connectivity index (χ0) is 16.9. The van der Waals surface area contributed by atoms with Gasteiger partial charge in [-0.3, -0.25) is 9.59 Å². The van der Waals surface area contributed by atoms with E-state index in [0.29, 0.717) is 19.6 Å². The van der Waals surface area contributed by atoms with Crippen LogP contribution in [0.2, 0.25) is 0 Å². The maximum absolute atomic E-state index is 12.1. The summed E-state index contributed by atoms with van der Waals surface area (Å²) in [6.45, 7) is 1.04. The number of ether oxygens (including phenoxy) is 1. The molecule has 1 atom stereocenters. The molecule has 5 nitrogen and oxygen atoms in total. The molecule has 1 unspecified atom stereocenters. The third kappa shape index (κ3) is 3.93. The lowest BCUT2D eigenvalue weighted by molar-refractivity contribution is -0.119. The standard InChI is InChI=1S/C19H20N2O3/c20-18(22)10-15-11-19(23)21(12-15)16-6-8-17(9-7-16)24-13-14-4-2-1-3-5-14/h1-9,15H,10-13H2,(H2,20,22). The summed E-state index contributed by atoms with van der Waals surface area (Å²) in [6, 6.07) is 17.4. The Morgan fingerprint density at radius 1 is 1.12 bits per heavy atom. The average molecular weight is 324 g/mol. The molecule has 0 spiro atoms. The molecule has 1 aliphatic heterocycles. The number of carbonyl (C=O) groups is 2. The SMILES string of the molecule is NC(=O)CC1CC(=O)N(c2ccc(OCc3ccccc3)cc2)C1. The molecule has 1 saturated heterocycles. The number of hydrogen-bond donors (Lipinski definition) is 1. The van der Waals surface area contributed by atoms with Gasteiger partial charge in [0.1, 0.15) is 12.4 Å². The van der Waals surface area contributed by atoms with Gasteiger partial charge in [0.2, 0.25) is 11.8 Å². The van der Waals surface area contributed by atoms with Crippen molar-refractivity contribution in [3.05, 3.63) is 60.2 Å². The van der Waals surface area contributed by atoms with Gasteiger partial charge >= 0.3 is 0 Å². The second kappa shape index (κ2) is 7.17. The summed E-state index contributed by atoms with van der Waals surface area (Å²) in [5, 5.41) is 0. The van der Waals surface area contributed by atoms with E-state index in [0.717, 1.165) is 17.0 Å². The number of anilines is 1. The first-order valence-electron chi connectivity index (χ1n) is 7.97. The fourth-order valence-electron chi connectivity index (χ4n) is 2.92. The summed E-state index contributed by atoms with van der Waals surface area (Å²) in [6.07, 6.45) is 0.621. The molecular formula is C19H20N2O3. The van der Waals surface area contributed by atoms with Crippen LogP contribution in [0.4, 0.5) is 5.69 Å².